The first-order chi connectivity index (χ1) is 4.74. The molecular weight excluding hydrogens is 136 g/mol. The molecule has 4 heteroatoms. The molecular formula is C6H12O4. The molecule has 0 aromatic rings. The maximum Gasteiger partial charge on any atom is 0.317 e. The Bertz CT molecular complexity index is 97.9. The van der Waals surface area contributed by atoms with E-state index < -0.39 is 6.48 Å². The van der Waals surface area contributed by atoms with E-state index in [0.717, 1.165) is 0 Å². The van der Waals surface area contributed by atoms with Crippen molar-refractivity contribution in [1.82, 2.24) is 0 Å². The summed E-state index contributed by atoms with van der Waals surface area (Å²) in [5.41, 5.74) is 0. The monoisotopic (exact) mass is 148 g/mol. The van der Waals surface area contributed by atoms with Gasteiger partial charge in [-0.15, -0.1) is 0 Å². The predicted molar refractivity (Wildman–Crippen MR) is 34.2 cm³/mol. The summed E-state index contributed by atoms with van der Waals surface area (Å²) >= 11 is 0. The van der Waals surface area contributed by atoms with E-state index in [0.29, 0.717) is 6.42 Å². The Hall–Kier alpha value is -0.610. The maximum atomic E-state index is 10.6. The van der Waals surface area contributed by atoms with Crippen LogP contribution in [0, 0.1) is 0 Å². The Kier molecular flexibility index (Phi) is 4.88. The number of rotatable bonds is 4. The minimum atomic E-state index is -0.868. The quantitative estimate of drug-likeness (QED) is 0.430. The molecule has 0 amide bonds. The van der Waals surface area contributed by atoms with E-state index in [1.807, 2.05) is 0 Å². The summed E-state index contributed by atoms with van der Waals surface area (Å²) in [6.45, 7) is 0.831. The highest BCUT2D eigenvalue weighted by Crippen LogP contribution is 1.95. The van der Waals surface area contributed by atoms with Gasteiger partial charge >= 0.3 is 12.4 Å². The molecule has 10 heavy (non-hydrogen) atoms. The van der Waals surface area contributed by atoms with Crippen LogP contribution in [0.4, 0.5) is 0 Å². The molecule has 0 aliphatic heterocycles. The maximum absolute atomic E-state index is 10.6. The lowest BCUT2D eigenvalue weighted by Gasteiger charge is -2.12. The third-order valence-corrected chi connectivity index (χ3v) is 0.901. The van der Waals surface area contributed by atoms with Gasteiger partial charge in [0.15, 0.2) is 0 Å². The summed E-state index contributed by atoms with van der Waals surface area (Å²) < 4.78 is 13.8. The van der Waals surface area contributed by atoms with Gasteiger partial charge in [-0.1, -0.05) is 6.92 Å². The molecule has 0 aromatic heterocycles. The zero-order valence-electron chi connectivity index (χ0n) is 6.42. The highest BCUT2D eigenvalue weighted by Gasteiger charge is 2.08. The SMILES string of the molecule is CCC(=O)OC(OC)OC. The molecule has 0 rings (SSSR count). The summed E-state index contributed by atoms with van der Waals surface area (Å²) in [4.78, 5) is 10.6. The summed E-state index contributed by atoms with van der Waals surface area (Å²) in [6, 6.07) is 0. The molecule has 4 nitrogen and oxygen atoms in total. The van der Waals surface area contributed by atoms with E-state index >= 15 is 0 Å². The van der Waals surface area contributed by atoms with Gasteiger partial charge in [-0.25, -0.2) is 0 Å². The van der Waals surface area contributed by atoms with Crippen LogP contribution in [0.25, 0.3) is 0 Å². The summed E-state index contributed by atoms with van der Waals surface area (Å²) in [7, 11) is 2.80. The van der Waals surface area contributed by atoms with Crippen LogP contribution in [0.15, 0.2) is 0 Å². The van der Waals surface area contributed by atoms with Gasteiger partial charge < -0.3 is 14.2 Å². The average molecular weight is 148 g/mol. The summed E-state index contributed by atoms with van der Waals surface area (Å²) in [6.07, 6.45) is 0.323. The second-order valence-corrected chi connectivity index (χ2v) is 1.60. The topological polar surface area (TPSA) is 44.8 Å². The van der Waals surface area contributed by atoms with Crippen molar-refractivity contribution in [1.29, 1.82) is 0 Å². The van der Waals surface area contributed by atoms with Gasteiger partial charge in [0.05, 0.1) is 0 Å². The molecule has 0 N–H and O–H groups in total. The van der Waals surface area contributed by atoms with Crippen LogP contribution in [0.5, 0.6) is 0 Å². The molecule has 0 aliphatic carbocycles. The molecule has 0 aromatic carbocycles. The predicted octanol–water partition coefficient (Wildman–Crippen LogP) is 0.516. The van der Waals surface area contributed by atoms with Crippen LogP contribution in [-0.4, -0.2) is 26.7 Å². The Morgan fingerprint density at radius 2 is 1.90 bits per heavy atom. The normalized spacial score (nSPS) is 10.0. The number of methoxy groups -OCH3 is 2. The molecule has 0 saturated carbocycles. The smallest absolute Gasteiger partial charge is 0.317 e. The lowest BCUT2D eigenvalue weighted by atomic mass is 10.5. The first-order valence-corrected chi connectivity index (χ1v) is 2.99. The Labute approximate surface area is 60.1 Å². The van der Waals surface area contributed by atoms with E-state index in [9.17, 15) is 4.79 Å². The molecule has 0 atom stereocenters. The van der Waals surface area contributed by atoms with Crippen molar-refractivity contribution in [3.8, 4) is 0 Å². The Morgan fingerprint density at radius 1 is 1.40 bits per heavy atom. The number of carbonyl (C=O) groups excluding carboxylic acids is 1. The number of hydrogen-bond acceptors (Lipinski definition) is 4. The number of hydrogen-bond donors (Lipinski definition) is 0. The molecule has 60 valence electrons. The zero-order chi connectivity index (χ0) is 7.98. The van der Waals surface area contributed by atoms with E-state index in [1.54, 1.807) is 6.92 Å². The fourth-order valence-electron chi connectivity index (χ4n) is 0.383. The van der Waals surface area contributed by atoms with Crippen molar-refractivity contribution in [3.63, 3.8) is 0 Å². The minimum Gasteiger partial charge on any atom is -0.410 e. The van der Waals surface area contributed by atoms with Crippen LogP contribution in [0.3, 0.4) is 0 Å². The van der Waals surface area contributed by atoms with Gasteiger partial charge in [-0.3, -0.25) is 4.79 Å². The van der Waals surface area contributed by atoms with Crippen molar-refractivity contribution in [2.24, 2.45) is 0 Å². The standard InChI is InChI=1S/C6H12O4/c1-4-5(7)10-6(8-2)9-3/h6H,4H2,1-3H3. The third-order valence-electron chi connectivity index (χ3n) is 0.901. The largest absolute Gasteiger partial charge is 0.410 e. The Balaban J connectivity index is 3.52. The van der Waals surface area contributed by atoms with Crippen LogP contribution in [0.1, 0.15) is 13.3 Å². The lowest BCUT2D eigenvalue weighted by Crippen LogP contribution is -2.21. The number of ether oxygens (including phenoxy) is 3. The van der Waals surface area contributed by atoms with Crippen molar-refractivity contribution < 1.29 is 19.0 Å². The Morgan fingerprint density at radius 3 is 2.20 bits per heavy atom. The lowest BCUT2D eigenvalue weighted by molar-refractivity contribution is -0.255. The molecule has 0 heterocycles. The first-order valence-electron chi connectivity index (χ1n) is 2.99. The molecule has 0 aliphatic rings. The van der Waals surface area contributed by atoms with Crippen LogP contribution in [-0.2, 0) is 19.0 Å². The third kappa shape index (κ3) is 3.42. The first kappa shape index (κ1) is 9.39. The molecule has 0 saturated heterocycles. The van der Waals surface area contributed by atoms with E-state index in [-0.39, 0.29) is 5.97 Å². The van der Waals surface area contributed by atoms with E-state index in [1.165, 1.54) is 14.2 Å². The second kappa shape index (κ2) is 5.20. The molecule has 0 fully saturated rings. The summed E-state index contributed by atoms with van der Waals surface area (Å²) in [5.74, 6) is -0.339. The van der Waals surface area contributed by atoms with Crippen LogP contribution in [0.2, 0.25) is 0 Å². The van der Waals surface area contributed by atoms with Gasteiger partial charge in [0.1, 0.15) is 0 Å². The fraction of sp³-hybridized carbons (Fsp3) is 0.833. The van der Waals surface area contributed by atoms with Gasteiger partial charge in [0.2, 0.25) is 0 Å². The second-order valence-electron chi connectivity index (χ2n) is 1.60. The highest BCUT2D eigenvalue weighted by molar-refractivity contribution is 5.68. The number of esters is 1. The fourth-order valence-corrected chi connectivity index (χ4v) is 0.383. The van der Waals surface area contributed by atoms with Gasteiger partial charge in [0.25, 0.3) is 0 Å². The number of carbonyl (C=O) groups is 1. The minimum absolute atomic E-state index is 0.323. The van der Waals surface area contributed by atoms with Crippen LogP contribution < -0.4 is 0 Å². The van der Waals surface area contributed by atoms with Gasteiger partial charge in [-0.2, -0.15) is 0 Å². The van der Waals surface area contributed by atoms with Crippen molar-refractivity contribution in [2.45, 2.75) is 19.8 Å². The van der Waals surface area contributed by atoms with Gasteiger partial charge in [0, 0.05) is 20.6 Å². The van der Waals surface area contributed by atoms with Crippen molar-refractivity contribution in [2.75, 3.05) is 14.2 Å². The molecule has 0 bridgehead atoms. The van der Waals surface area contributed by atoms with E-state index in [2.05, 4.69) is 14.2 Å². The van der Waals surface area contributed by atoms with E-state index in [4.69, 9.17) is 0 Å². The molecule has 0 radical (unpaired) electrons. The van der Waals surface area contributed by atoms with Crippen LogP contribution >= 0.6 is 0 Å². The highest BCUT2D eigenvalue weighted by atomic mass is 16.8. The zero-order valence-corrected chi connectivity index (χ0v) is 6.42. The van der Waals surface area contributed by atoms with Gasteiger partial charge in [-0.05, 0) is 0 Å². The summed E-state index contributed by atoms with van der Waals surface area (Å²) in [5, 5.41) is 0. The van der Waals surface area contributed by atoms with Crippen molar-refractivity contribution in [3.05, 3.63) is 0 Å². The molecule has 0 spiro atoms. The van der Waals surface area contributed by atoms with Crippen molar-refractivity contribution >= 4 is 5.97 Å². The molecule has 0 unspecified atom stereocenters. The average Bonchev–Trinajstić information content (AvgIpc) is 1.99.